The van der Waals surface area contributed by atoms with Crippen LogP contribution in [0.25, 0.3) is 11.5 Å². The Balaban J connectivity index is 1.27. The number of fused-ring (bicyclic) bond motifs is 1. The van der Waals surface area contributed by atoms with Gasteiger partial charge in [-0.05, 0) is 36.8 Å². The summed E-state index contributed by atoms with van der Waals surface area (Å²) >= 11 is 1.21. The van der Waals surface area contributed by atoms with Gasteiger partial charge in [-0.25, -0.2) is 0 Å². The second kappa shape index (κ2) is 7.71. The van der Waals surface area contributed by atoms with Crippen molar-refractivity contribution < 1.29 is 18.7 Å². The molecule has 0 atom stereocenters. The molecule has 1 amide bonds. The highest BCUT2D eigenvalue weighted by Crippen LogP contribution is 2.32. The molecular formula is C19H17N3O4S. The van der Waals surface area contributed by atoms with Gasteiger partial charge in [0.1, 0.15) is 0 Å². The first kappa shape index (κ1) is 17.4. The zero-order valence-corrected chi connectivity index (χ0v) is 15.4. The molecule has 138 valence electrons. The maximum Gasteiger partial charge on any atom is 0.277 e. The van der Waals surface area contributed by atoms with Gasteiger partial charge in [0.05, 0.1) is 5.75 Å². The second-order valence-electron chi connectivity index (χ2n) is 5.99. The first-order valence-corrected chi connectivity index (χ1v) is 9.34. The van der Waals surface area contributed by atoms with Crippen molar-refractivity contribution in [3.8, 4) is 23.0 Å². The van der Waals surface area contributed by atoms with Gasteiger partial charge in [0.15, 0.2) is 11.5 Å². The molecule has 8 heteroatoms. The van der Waals surface area contributed by atoms with Crippen LogP contribution in [0.1, 0.15) is 11.1 Å². The van der Waals surface area contributed by atoms with Gasteiger partial charge in [-0.3, -0.25) is 4.79 Å². The number of thioether (sulfide) groups is 1. The molecule has 1 aromatic heterocycles. The van der Waals surface area contributed by atoms with E-state index in [9.17, 15) is 4.79 Å². The molecule has 1 aliphatic rings. The normalized spacial score (nSPS) is 12.2. The number of ether oxygens (including phenoxy) is 2. The summed E-state index contributed by atoms with van der Waals surface area (Å²) in [5.41, 5.74) is 2.95. The summed E-state index contributed by atoms with van der Waals surface area (Å²) in [5, 5.41) is 11.2. The number of aryl methyl sites for hydroxylation is 1. The standard InChI is InChI=1S/C19H17N3O4S/c1-12-2-5-14(6-3-12)18-21-22-19(26-18)27-10-17(23)20-9-13-4-7-15-16(8-13)25-11-24-15/h2-8H,9-11H2,1H3,(H,20,23). The Hall–Kier alpha value is -3.00. The van der Waals surface area contributed by atoms with Gasteiger partial charge < -0.3 is 19.2 Å². The third kappa shape index (κ3) is 4.22. The summed E-state index contributed by atoms with van der Waals surface area (Å²) in [7, 11) is 0. The third-order valence-electron chi connectivity index (χ3n) is 3.96. The SMILES string of the molecule is Cc1ccc(-c2nnc(SCC(=O)NCc3ccc4c(c3)OCO4)o2)cc1. The summed E-state index contributed by atoms with van der Waals surface area (Å²) in [6, 6.07) is 13.4. The minimum absolute atomic E-state index is 0.118. The fourth-order valence-electron chi connectivity index (χ4n) is 2.51. The van der Waals surface area contributed by atoms with Crippen LogP contribution in [-0.2, 0) is 11.3 Å². The second-order valence-corrected chi connectivity index (χ2v) is 6.92. The van der Waals surface area contributed by atoms with Crippen LogP contribution in [0.5, 0.6) is 11.5 Å². The van der Waals surface area contributed by atoms with Crippen molar-refractivity contribution in [3.05, 3.63) is 53.6 Å². The first-order chi connectivity index (χ1) is 13.2. The molecule has 0 spiro atoms. The van der Waals surface area contributed by atoms with Crippen LogP contribution in [0.15, 0.2) is 52.1 Å². The molecule has 0 bridgehead atoms. The van der Waals surface area contributed by atoms with Crippen LogP contribution in [-0.4, -0.2) is 28.7 Å². The van der Waals surface area contributed by atoms with Crippen molar-refractivity contribution in [2.45, 2.75) is 18.7 Å². The average Bonchev–Trinajstić information content (AvgIpc) is 3.34. The average molecular weight is 383 g/mol. The molecule has 2 aromatic carbocycles. The number of hydrogen-bond acceptors (Lipinski definition) is 7. The van der Waals surface area contributed by atoms with E-state index in [2.05, 4.69) is 15.5 Å². The lowest BCUT2D eigenvalue weighted by molar-refractivity contribution is -0.118. The number of carbonyl (C=O) groups excluding carboxylic acids is 1. The van der Waals surface area contributed by atoms with Crippen molar-refractivity contribution in [2.24, 2.45) is 0 Å². The van der Waals surface area contributed by atoms with Crippen molar-refractivity contribution in [2.75, 3.05) is 12.5 Å². The molecule has 0 saturated carbocycles. The number of nitrogens with one attached hydrogen (secondary N) is 1. The van der Waals surface area contributed by atoms with Crippen LogP contribution >= 0.6 is 11.8 Å². The summed E-state index contributed by atoms with van der Waals surface area (Å²) in [5.74, 6) is 1.94. The van der Waals surface area contributed by atoms with Crippen molar-refractivity contribution >= 4 is 17.7 Å². The molecule has 1 aliphatic heterocycles. The highest BCUT2D eigenvalue weighted by atomic mass is 32.2. The monoisotopic (exact) mass is 383 g/mol. The summed E-state index contributed by atoms with van der Waals surface area (Å²) in [4.78, 5) is 12.1. The molecule has 0 fully saturated rings. The molecule has 27 heavy (non-hydrogen) atoms. The van der Waals surface area contributed by atoms with Crippen molar-refractivity contribution in [1.82, 2.24) is 15.5 Å². The molecule has 4 rings (SSSR count). The van der Waals surface area contributed by atoms with E-state index in [4.69, 9.17) is 13.9 Å². The Bertz CT molecular complexity index is 956. The topological polar surface area (TPSA) is 86.5 Å². The molecule has 1 N–H and O–H groups in total. The largest absolute Gasteiger partial charge is 0.454 e. The van der Waals surface area contributed by atoms with Gasteiger partial charge in [-0.15, -0.1) is 10.2 Å². The van der Waals surface area contributed by atoms with E-state index in [-0.39, 0.29) is 18.5 Å². The van der Waals surface area contributed by atoms with Gasteiger partial charge in [-0.2, -0.15) is 0 Å². The fourth-order valence-corrected chi connectivity index (χ4v) is 3.10. The van der Waals surface area contributed by atoms with Crippen LogP contribution in [0.3, 0.4) is 0 Å². The molecule has 0 radical (unpaired) electrons. The van der Waals surface area contributed by atoms with Crippen LogP contribution in [0.2, 0.25) is 0 Å². The van der Waals surface area contributed by atoms with Crippen LogP contribution in [0, 0.1) is 6.92 Å². The number of benzene rings is 2. The first-order valence-electron chi connectivity index (χ1n) is 8.36. The van der Waals surface area contributed by atoms with Gasteiger partial charge in [0.2, 0.25) is 18.6 Å². The Labute approximate surface area is 160 Å². The highest BCUT2D eigenvalue weighted by Gasteiger charge is 2.14. The van der Waals surface area contributed by atoms with Gasteiger partial charge >= 0.3 is 0 Å². The van der Waals surface area contributed by atoms with Gasteiger partial charge in [-0.1, -0.05) is 35.5 Å². The molecule has 0 saturated heterocycles. The Morgan fingerprint density at radius 1 is 1.11 bits per heavy atom. The molecule has 7 nitrogen and oxygen atoms in total. The summed E-state index contributed by atoms with van der Waals surface area (Å²) in [6.07, 6.45) is 0. The Morgan fingerprint density at radius 3 is 2.78 bits per heavy atom. The van der Waals surface area contributed by atoms with Crippen LogP contribution < -0.4 is 14.8 Å². The van der Waals surface area contributed by atoms with Crippen molar-refractivity contribution in [3.63, 3.8) is 0 Å². The predicted molar refractivity (Wildman–Crippen MR) is 99.6 cm³/mol. The summed E-state index contributed by atoms with van der Waals surface area (Å²) < 4.78 is 16.2. The lowest BCUT2D eigenvalue weighted by atomic mass is 10.1. The third-order valence-corrected chi connectivity index (χ3v) is 4.78. The van der Waals surface area contributed by atoms with Gasteiger partial charge in [0.25, 0.3) is 5.22 Å². The van der Waals surface area contributed by atoms with E-state index in [1.165, 1.54) is 11.8 Å². The Morgan fingerprint density at radius 2 is 1.93 bits per heavy atom. The van der Waals surface area contributed by atoms with Crippen LogP contribution in [0.4, 0.5) is 0 Å². The number of aromatic nitrogens is 2. The molecule has 0 unspecified atom stereocenters. The van der Waals surface area contributed by atoms with E-state index >= 15 is 0 Å². The fraction of sp³-hybridized carbons (Fsp3) is 0.211. The lowest BCUT2D eigenvalue weighted by Gasteiger charge is -2.05. The number of carbonyl (C=O) groups is 1. The highest BCUT2D eigenvalue weighted by molar-refractivity contribution is 7.99. The zero-order chi connectivity index (χ0) is 18.6. The number of nitrogens with zero attached hydrogens (tertiary/aromatic N) is 2. The minimum Gasteiger partial charge on any atom is -0.454 e. The predicted octanol–water partition coefficient (Wildman–Crippen LogP) is 3.18. The number of rotatable bonds is 6. The van der Waals surface area contributed by atoms with E-state index < -0.39 is 0 Å². The van der Waals surface area contributed by atoms with E-state index in [1.807, 2.05) is 49.4 Å². The van der Waals surface area contributed by atoms with E-state index in [0.29, 0.717) is 23.4 Å². The van der Waals surface area contributed by atoms with Gasteiger partial charge in [0, 0.05) is 12.1 Å². The molecule has 2 heterocycles. The maximum absolute atomic E-state index is 12.1. The number of amides is 1. The lowest BCUT2D eigenvalue weighted by Crippen LogP contribution is -2.24. The smallest absolute Gasteiger partial charge is 0.277 e. The van der Waals surface area contributed by atoms with E-state index in [1.54, 1.807) is 0 Å². The van der Waals surface area contributed by atoms with E-state index in [0.717, 1.165) is 22.4 Å². The molecular weight excluding hydrogens is 366 g/mol. The zero-order valence-electron chi connectivity index (χ0n) is 14.6. The number of hydrogen-bond donors (Lipinski definition) is 1. The summed E-state index contributed by atoms with van der Waals surface area (Å²) in [6.45, 7) is 2.66. The molecule has 3 aromatic rings. The Kier molecular flexibility index (Phi) is 4.97. The quantitative estimate of drug-likeness (QED) is 0.654. The maximum atomic E-state index is 12.1. The van der Waals surface area contributed by atoms with Crippen molar-refractivity contribution in [1.29, 1.82) is 0 Å². The minimum atomic E-state index is -0.118. The molecule has 0 aliphatic carbocycles.